The molecule has 152 valence electrons. The van der Waals surface area contributed by atoms with E-state index in [1.165, 1.54) is 9.80 Å². The van der Waals surface area contributed by atoms with E-state index in [1.807, 2.05) is 0 Å². The molecule has 2 atom stereocenters. The van der Waals surface area contributed by atoms with E-state index in [4.69, 9.17) is 11.6 Å². The maximum absolute atomic E-state index is 14.7. The molecular formula is C21H22ClFN4O2. The second-order valence-electron chi connectivity index (χ2n) is 7.54. The molecule has 2 heterocycles. The van der Waals surface area contributed by atoms with Gasteiger partial charge in [-0.2, -0.15) is 0 Å². The average Bonchev–Trinajstić information content (AvgIpc) is 3.53. The molecule has 6 nitrogen and oxygen atoms in total. The number of nitrogens with zero attached hydrogens (tertiary/aromatic N) is 4. The van der Waals surface area contributed by atoms with Gasteiger partial charge in [0.25, 0.3) is 0 Å². The van der Waals surface area contributed by atoms with Gasteiger partial charge in [-0.3, -0.25) is 9.69 Å². The van der Waals surface area contributed by atoms with Crippen molar-refractivity contribution >= 4 is 29.4 Å². The lowest BCUT2D eigenvalue weighted by Gasteiger charge is -2.24. The second-order valence-corrected chi connectivity index (χ2v) is 7.97. The summed E-state index contributed by atoms with van der Waals surface area (Å²) in [6, 6.07) is 5.33. The number of rotatable bonds is 7. The summed E-state index contributed by atoms with van der Waals surface area (Å²) >= 11 is 5.96. The number of carbonyl (C=O) groups excluding carboxylic acids is 2. The first-order valence-corrected chi connectivity index (χ1v) is 10.2. The van der Waals surface area contributed by atoms with Crippen molar-refractivity contribution < 1.29 is 14.0 Å². The van der Waals surface area contributed by atoms with Gasteiger partial charge in [-0.15, -0.1) is 0 Å². The van der Waals surface area contributed by atoms with Crippen molar-refractivity contribution in [3.8, 4) is 0 Å². The summed E-state index contributed by atoms with van der Waals surface area (Å²) in [7, 11) is 0. The Morgan fingerprint density at radius 1 is 1.31 bits per heavy atom. The second kappa shape index (κ2) is 8.06. The Bertz CT molecular complexity index is 919. The molecular weight excluding hydrogens is 395 g/mol. The number of Topliss-reactive ketones (excluding diaryl/α,β-unsaturated/α-hetero) is 1. The van der Waals surface area contributed by atoms with Crippen LogP contribution < -0.4 is 4.90 Å². The van der Waals surface area contributed by atoms with E-state index in [-0.39, 0.29) is 31.2 Å². The topological polar surface area (TPSA) is 66.4 Å². The molecule has 0 bridgehead atoms. The van der Waals surface area contributed by atoms with Gasteiger partial charge in [0.15, 0.2) is 5.78 Å². The Kier molecular flexibility index (Phi) is 5.50. The van der Waals surface area contributed by atoms with Crippen molar-refractivity contribution in [3.05, 3.63) is 52.8 Å². The van der Waals surface area contributed by atoms with E-state index >= 15 is 0 Å². The van der Waals surface area contributed by atoms with E-state index < -0.39 is 18.2 Å². The molecule has 0 spiro atoms. The summed E-state index contributed by atoms with van der Waals surface area (Å²) in [5, 5.41) is 0.433. The van der Waals surface area contributed by atoms with Crippen LogP contribution in [0.2, 0.25) is 5.02 Å². The van der Waals surface area contributed by atoms with Gasteiger partial charge in [0, 0.05) is 23.0 Å². The highest BCUT2D eigenvalue weighted by atomic mass is 35.5. The fraction of sp³-hybridized carbons (Fsp3) is 0.429. The lowest BCUT2D eigenvalue weighted by molar-refractivity contribution is 0.0902. The minimum Gasteiger partial charge on any atom is -0.309 e. The molecule has 1 saturated heterocycles. The highest BCUT2D eigenvalue weighted by molar-refractivity contribution is 6.31. The number of carbonyl (C=O) groups is 2. The Hall–Kier alpha value is -2.54. The maximum Gasteiger partial charge on any atom is 0.327 e. The first-order chi connectivity index (χ1) is 14.0. The molecule has 29 heavy (non-hydrogen) atoms. The number of urea groups is 1. The zero-order chi connectivity index (χ0) is 20.5. The molecule has 2 aliphatic rings. The normalized spacial score (nSPS) is 20.2. The quantitative estimate of drug-likeness (QED) is 0.633. The van der Waals surface area contributed by atoms with Crippen molar-refractivity contribution in [2.24, 2.45) is 0 Å². The lowest BCUT2D eigenvalue weighted by Crippen LogP contribution is -2.43. The number of halogens is 2. The van der Waals surface area contributed by atoms with Gasteiger partial charge < -0.3 is 4.90 Å². The van der Waals surface area contributed by atoms with Crippen LogP contribution in [0.1, 0.15) is 48.0 Å². The highest BCUT2D eigenvalue weighted by Gasteiger charge is 2.43. The number of hydrogen-bond acceptors (Lipinski definition) is 4. The number of benzene rings is 1. The van der Waals surface area contributed by atoms with E-state index in [0.29, 0.717) is 16.5 Å². The van der Waals surface area contributed by atoms with Crippen LogP contribution in [-0.2, 0) is 0 Å². The zero-order valence-corrected chi connectivity index (χ0v) is 16.8. The highest BCUT2D eigenvalue weighted by Crippen LogP contribution is 2.39. The molecule has 0 radical (unpaired) electrons. The molecule has 0 unspecified atom stereocenters. The summed E-state index contributed by atoms with van der Waals surface area (Å²) in [5.74, 6) is 0.458. The van der Waals surface area contributed by atoms with Crippen LogP contribution in [0.15, 0.2) is 36.7 Å². The van der Waals surface area contributed by atoms with Crippen LogP contribution in [0.4, 0.5) is 15.1 Å². The first-order valence-electron chi connectivity index (χ1n) is 9.80. The third-order valence-corrected chi connectivity index (χ3v) is 5.70. The average molecular weight is 417 g/mol. The molecule has 2 amide bonds. The fourth-order valence-corrected chi connectivity index (χ4v) is 3.79. The summed E-state index contributed by atoms with van der Waals surface area (Å²) in [5.41, 5.74) is 1.45. The molecule has 2 fully saturated rings. The number of aromatic nitrogens is 2. The van der Waals surface area contributed by atoms with E-state index in [2.05, 4.69) is 9.97 Å². The molecule has 8 heteroatoms. The van der Waals surface area contributed by atoms with E-state index in [9.17, 15) is 14.0 Å². The van der Waals surface area contributed by atoms with Crippen molar-refractivity contribution in [3.63, 3.8) is 0 Å². The van der Waals surface area contributed by atoms with Crippen LogP contribution in [0.3, 0.4) is 0 Å². The van der Waals surface area contributed by atoms with Crippen molar-refractivity contribution in [2.75, 3.05) is 18.0 Å². The Morgan fingerprint density at radius 2 is 2.03 bits per heavy atom. The van der Waals surface area contributed by atoms with Gasteiger partial charge in [0.2, 0.25) is 5.95 Å². The van der Waals surface area contributed by atoms with Gasteiger partial charge >= 0.3 is 6.03 Å². The third-order valence-electron chi connectivity index (χ3n) is 5.46. The third kappa shape index (κ3) is 4.10. The largest absolute Gasteiger partial charge is 0.327 e. The smallest absolute Gasteiger partial charge is 0.309 e. The maximum atomic E-state index is 14.7. The van der Waals surface area contributed by atoms with Crippen LogP contribution in [-0.4, -0.2) is 52.0 Å². The molecule has 2 aromatic rings. The van der Waals surface area contributed by atoms with Gasteiger partial charge in [0.05, 0.1) is 19.1 Å². The SMILES string of the molecule is CC[C@H](F)[C@H]1CN(c2ncc(C3CC3)cn2)C(=O)N1CC(=O)c1cccc(Cl)c1. The van der Waals surface area contributed by atoms with Crippen LogP contribution in [0.5, 0.6) is 0 Å². The summed E-state index contributed by atoms with van der Waals surface area (Å²) in [6.07, 6.45) is 4.72. The summed E-state index contributed by atoms with van der Waals surface area (Å²) < 4.78 is 14.7. The fourth-order valence-electron chi connectivity index (χ4n) is 3.60. The minimum atomic E-state index is -1.25. The van der Waals surface area contributed by atoms with E-state index in [0.717, 1.165) is 18.4 Å². The van der Waals surface area contributed by atoms with Gasteiger partial charge in [-0.1, -0.05) is 30.7 Å². The number of anilines is 1. The van der Waals surface area contributed by atoms with E-state index in [1.54, 1.807) is 43.6 Å². The van der Waals surface area contributed by atoms with Crippen LogP contribution in [0.25, 0.3) is 0 Å². The van der Waals surface area contributed by atoms with Gasteiger partial charge in [-0.25, -0.2) is 19.2 Å². The Labute approximate surface area is 173 Å². The van der Waals surface area contributed by atoms with Crippen molar-refractivity contribution in [2.45, 2.75) is 44.3 Å². The molecule has 1 aliphatic heterocycles. The predicted octanol–water partition coefficient (Wildman–Crippen LogP) is 4.25. The number of amides is 2. The summed E-state index contributed by atoms with van der Waals surface area (Å²) in [6.45, 7) is 1.61. The minimum absolute atomic E-state index is 0.111. The molecule has 4 rings (SSSR count). The van der Waals surface area contributed by atoms with Crippen LogP contribution >= 0.6 is 11.6 Å². The van der Waals surface area contributed by atoms with Crippen molar-refractivity contribution in [1.29, 1.82) is 0 Å². The monoisotopic (exact) mass is 416 g/mol. The molecule has 1 aromatic carbocycles. The Balaban J connectivity index is 1.55. The predicted molar refractivity (Wildman–Crippen MR) is 108 cm³/mol. The zero-order valence-electron chi connectivity index (χ0n) is 16.1. The summed E-state index contributed by atoms with van der Waals surface area (Å²) in [4.78, 5) is 37.0. The van der Waals surface area contributed by atoms with Crippen molar-refractivity contribution in [1.82, 2.24) is 14.9 Å². The standard InChI is InChI=1S/C21H22ClFN4O2/c1-2-17(23)18-11-27(20-24-9-15(10-25-20)13-6-7-13)21(29)26(18)12-19(28)14-4-3-5-16(22)8-14/h3-5,8-10,13,17-18H,2,6-7,11-12H2,1H3/t17-,18+/m0/s1. The van der Waals surface area contributed by atoms with Gasteiger partial charge in [-0.05, 0) is 42.9 Å². The number of ketones is 1. The Morgan fingerprint density at radius 3 is 2.66 bits per heavy atom. The molecule has 1 saturated carbocycles. The molecule has 1 aromatic heterocycles. The van der Waals surface area contributed by atoms with Crippen LogP contribution in [0, 0.1) is 0 Å². The first kappa shape index (κ1) is 19.8. The molecule has 0 N–H and O–H groups in total. The van der Waals surface area contributed by atoms with Gasteiger partial charge in [0.1, 0.15) is 6.17 Å². The lowest BCUT2D eigenvalue weighted by atomic mass is 10.1. The number of hydrogen-bond donors (Lipinski definition) is 0. The molecule has 1 aliphatic carbocycles. The number of alkyl halides is 1.